The Hall–Kier alpha value is -2.12. The lowest BCUT2D eigenvalue weighted by Crippen LogP contribution is -2.39. The van der Waals surface area contributed by atoms with Gasteiger partial charge in [-0.2, -0.15) is 0 Å². The van der Waals surface area contributed by atoms with E-state index in [0.717, 1.165) is 69.9 Å². The molecule has 0 spiro atoms. The molecule has 148 valence electrons. The van der Waals surface area contributed by atoms with Crippen molar-refractivity contribution in [1.29, 1.82) is 0 Å². The SMILES string of the molecule is NC(=NCc1cccc(CN2CCCC2=O)c1)NCCCN1CCOCC1. The molecule has 0 unspecified atom stereocenters. The van der Waals surface area contributed by atoms with Crippen molar-refractivity contribution in [2.45, 2.75) is 32.4 Å². The summed E-state index contributed by atoms with van der Waals surface area (Å²) < 4.78 is 5.35. The summed E-state index contributed by atoms with van der Waals surface area (Å²) in [5.74, 6) is 0.737. The van der Waals surface area contributed by atoms with E-state index in [0.29, 0.717) is 25.5 Å². The van der Waals surface area contributed by atoms with Crippen LogP contribution in [0.2, 0.25) is 0 Å². The molecular formula is C20H31N5O2. The Balaban J connectivity index is 1.38. The number of aliphatic imine (C=N–C) groups is 1. The van der Waals surface area contributed by atoms with Crippen molar-refractivity contribution in [2.24, 2.45) is 10.7 Å². The van der Waals surface area contributed by atoms with Crippen molar-refractivity contribution in [1.82, 2.24) is 15.1 Å². The first kappa shape index (κ1) is 19.6. The number of nitrogens with two attached hydrogens (primary N) is 1. The van der Waals surface area contributed by atoms with Crippen LogP contribution in [0.15, 0.2) is 29.3 Å². The minimum absolute atomic E-state index is 0.254. The van der Waals surface area contributed by atoms with Crippen molar-refractivity contribution in [3.8, 4) is 0 Å². The van der Waals surface area contributed by atoms with E-state index in [1.807, 2.05) is 17.0 Å². The van der Waals surface area contributed by atoms with Crippen LogP contribution >= 0.6 is 0 Å². The van der Waals surface area contributed by atoms with E-state index in [4.69, 9.17) is 10.5 Å². The fourth-order valence-electron chi connectivity index (χ4n) is 3.49. The maximum Gasteiger partial charge on any atom is 0.222 e. The Kier molecular flexibility index (Phi) is 7.47. The molecule has 7 nitrogen and oxygen atoms in total. The molecule has 0 bridgehead atoms. The Labute approximate surface area is 161 Å². The summed E-state index contributed by atoms with van der Waals surface area (Å²) in [6, 6.07) is 8.24. The van der Waals surface area contributed by atoms with Crippen molar-refractivity contribution in [2.75, 3.05) is 45.9 Å². The highest BCUT2D eigenvalue weighted by atomic mass is 16.5. The zero-order valence-corrected chi connectivity index (χ0v) is 16.0. The Morgan fingerprint density at radius 1 is 1.22 bits per heavy atom. The van der Waals surface area contributed by atoms with Gasteiger partial charge in [0.1, 0.15) is 0 Å². The predicted molar refractivity (Wildman–Crippen MR) is 106 cm³/mol. The van der Waals surface area contributed by atoms with E-state index in [-0.39, 0.29) is 5.91 Å². The maximum atomic E-state index is 11.8. The molecule has 0 atom stereocenters. The molecule has 2 aliphatic heterocycles. The Morgan fingerprint density at radius 2 is 2.04 bits per heavy atom. The molecule has 2 heterocycles. The number of hydrogen-bond acceptors (Lipinski definition) is 4. The summed E-state index contributed by atoms with van der Waals surface area (Å²) in [6.45, 7) is 7.68. The van der Waals surface area contributed by atoms with Crippen LogP contribution < -0.4 is 11.1 Å². The molecule has 7 heteroatoms. The lowest BCUT2D eigenvalue weighted by atomic mass is 10.1. The first-order valence-corrected chi connectivity index (χ1v) is 9.90. The van der Waals surface area contributed by atoms with Gasteiger partial charge in [0.15, 0.2) is 5.96 Å². The molecule has 2 fully saturated rings. The van der Waals surface area contributed by atoms with Crippen LogP contribution in [0.5, 0.6) is 0 Å². The Morgan fingerprint density at radius 3 is 2.81 bits per heavy atom. The number of rotatable bonds is 8. The van der Waals surface area contributed by atoms with Gasteiger partial charge in [-0.15, -0.1) is 0 Å². The van der Waals surface area contributed by atoms with E-state index >= 15 is 0 Å². The number of guanidine groups is 1. The number of benzene rings is 1. The van der Waals surface area contributed by atoms with Crippen molar-refractivity contribution < 1.29 is 9.53 Å². The third-order valence-corrected chi connectivity index (χ3v) is 5.03. The molecule has 27 heavy (non-hydrogen) atoms. The second-order valence-corrected chi connectivity index (χ2v) is 7.17. The summed E-state index contributed by atoms with van der Waals surface area (Å²) in [6.07, 6.45) is 2.68. The number of nitrogens with one attached hydrogen (secondary N) is 1. The highest BCUT2D eigenvalue weighted by Gasteiger charge is 2.19. The molecule has 1 aromatic rings. The van der Waals surface area contributed by atoms with Crippen LogP contribution in [-0.2, 0) is 22.6 Å². The van der Waals surface area contributed by atoms with Gasteiger partial charge in [0.05, 0.1) is 19.8 Å². The van der Waals surface area contributed by atoms with E-state index in [9.17, 15) is 4.79 Å². The number of morpholine rings is 1. The minimum atomic E-state index is 0.254. The summed E-state index contributed by atoms with van der Waals surface area (Å²) in [5.41, 5.74) is 8.24. The summed E-state index contributed by atoms with van der Waals surface area (Å²) >= 11 is 0. The molecule has 3 N–H and O–H groups in total. The highest BCUT2D eigenvalue weighted by molar-refractivity contribution is 5.78. The van der Waals surface area contributed by atoms with Gasteiger partial charge in [0.25, 0.3) is 0 Å². The Bertz CT molecular complexity index is 643. The lowest BCUT2D eigenvalue weighted by Gasteiger charge is -2.26. The van der Waals surface area contributed by atoms with Crippen LogP contribution in [0.4, 0.5) is 0 Å². The average molecular weight is 374 g/mol. The fraction of sp³-hybridized carbons (Fsp3) is 0.600. The maximum absolute atomic E-state index is 11.8. The first-order chi connectivity index (χ1) is 13.2. The average Bonchev–Trinajstić information content (AvgIpc) is 3.09. The van der Waals surface area contributed by atoms with Gasteiger partial charge in [0.2, 0.25) is 5.91 Å². The molecule has 0 aliphatic carbocycles. The molecule has 2 aliphatic rings. The van der Waals surface area contributed by atoms with Crippen LogP contribution in [-0.4, -0.2) is 67.6 Å². The smallest absolute Gasteiger partial charge is 0.222 e. The van der Waals surface area contributed by atoms with Gasteiger partial charge < -0.3 is 20.7 Å². The first-order valence-electron chi connectivity index (χ1n) is 9.90. The number of ether oxygens (including phenoxy) is 1. The van der Waals surface area contributed by atoms with Gasteiger partial charge in [-0.25, -0.2) is 4.99 Å². The second-order valence-electron chi connectivity index (χ2n) is 7.17. The highest BCUT2D eigenvalue weighted by Crippen LogP contribution is 2.15. The number of likely N-dealkylation sites (tertiary alicyclic amines) is 1. The third-order valence-electron chi connectivity index (χ3n) is 5.03. The van der Waals surface area contributed by atoms with E-state index in [1.165, 1.54) is 0 Å². The zero-order valence-electron chi connectivity index (χ0n) is 16.0. The van der Waals surface area contributed by atoms with Gasteiger partial charge in [-0.05, 0) is 30.5 Å². The molecule has 2 saturated heterocycles. The minimum Gasteiger partial charge on any atom is -0.379 e. The normalized spacial score (nSPS) is 18.9. The molecule has 0 aromatic heterocycles. The number of nitrogens with zero attached hydrogens (tertiary/aromatic N) is 3. The summed E-state index contributed by atoms with van der Waals surface area (Å²) in [5, 5.41) is 3.19. The van der Waals surface area contributed by atoms with Gasteiger partial charge in [0, 0.05) is 39.1 Å². The number of amides is 1. The summed E-state index contributed by atoms with van der Waals surface area (Å²) in [7, 11) is 0. The van der Waals surface area contributed by atoms with Crippen LogP contribution in [0, 0.1) is 0 Å². The molecule has 3 rings (SSSR count). The van der Waals surface area contributed by atoms with Gasteiger partial charge in [-0.3, -0.25) is 9.69 Å². The van der Waals surface area contributed by atoms with E-state index in [2.05, 4.69) is 27.3 Å². The molecular weight excluding hydrogens is 342 g/mol. The monoisotopic (exact) mass is 373 g/mol. The summed E-state index contributed by atoms with van der Waals surface area (Å²) in [4.78, 5) is 20.5. The molecule has 0 saturated carbocycles. The van der Waals surface area contributed by atoms with E-state index in [1.54, 1.807) is 0 Å². The quantitative estimate of drug-likeness (QED) is 0.402. The molecule has 0 radical (unpaired) electrons. The lowest BCUT2D eigenvalue weighted by molar-refractivity contribution is -0.128. The van der Waals surface area contributed by atoms with Crippen LogP contribution in [0.1, 0.15) is 30.4 Å². The van der Waals surface area contributed by atoms with Gasteiger partial charge in [-0.1, -0.05) is 24.3 Å². The number of carbonyl (C=O) groups excluding carboxylic acids is 1. The molecule has 1 aromatic carbocycles. The number of hydrogen-bond donors (Lipinski definition) is 2. The van der Waals surface area contributed by atoms with Crippen LogP contribution in [0.3, 0.4) is 0 Å². The fourth-order valence-corrected chi connectivity index (χ4v) is 3.49. The van der Waals surface area contributed by atoms with E-state index < -0.39 is 0 Å². The largest absolute Gasteiger partial charge is 0.379 e. The third kappa shape index (κ3) is 6.52. The standard InChI is InChI=1S/C20H31N5O2/c21-20(22-7-3-8-24-10-12-27-13-11-24)23-15-17-4-1-5-18(14-17)16-25-9-2-6-19(25)26/h1,4-5,14H,2-3,6-13,15-16H2,(H3,21,22,23). The van der Waals surface area contributed by atoms with Crippen molar-refractivity contribution in [3.05, 3.63) is 35.4 Å². The van der Waals surface area contributed by atoms with Crippen molar-refractivity contribution in [3.63, 3.8) is 0 Å². The zero-order chi connectivity index (χ0) is 18.9. The van der Waals surface area contributed by atoms with Crippen LogP contribution in [0.25, 0.3) is 0 Å². The van der Waals surface area contributed by atoms with Gasteiger partial charge >= 0.3 is 0 Å². The number of carbonyl (C=O) groups is 1. The molecule has 1 amide bonds. The second kappa shape index (κ2) is 10.3. The topological polar surface area (TPSA) is 83.2 Å². The van der Waals surface area contributed by atoms with Crippen molar-refractivity contribution >= 4 is 11.9 Å². The predicted octanol–water partition coefficient (Wildman–Crippen LogP) is 0.936.